The van der Waals surface area contributed by atoms with Crippen LogP contribution in [-0.2, 0) is 32.0 Å². The summed E-state index contributed by atoms with van der Waals surface area (Å²) in [5.74, 6) is -1.03. The fourth-order valence-electron chi connectivity index (χ4n) is 10.7. The number of rotatable bonds is 14. The van der Waals surface area contributed by atoms with E-state index in [2.05, 4.69) is 25.3 Å². The Bertz CT molecular complexity index is 2370. The summed E-state index contributed by atoms with van der Waals surface area (Å²) >= 11 is 0. The molecule has 3 amide bonds. The number of ether oxygens (including phenoxy) is 1. The molecule has 64 heavy (non-hydrogen) atoms. The van der Waals surface area contributed by atoms with E-state index in [0.29, 0.717) is 56.3 Å². The van der Waals surface area contributed by atoms with Gasteiger partial charge in [0.2, 0.25) is 17.7 Å². The number of aryl methyl sites for hydroxylation is 1. The molecule has 5 aliphatic rings. The van der Waals surface area contributed by atoms with Gasteiger partial charge in [-0.2, -0.15) is 10.2 Å². The summed E-state index contributed by atoms with van der Waals surface area (Å²) < 4.78 is 38.2. The highest BCUT2D eigenvalue weighted by molar-refractivity contribution is 6.09. The number of nitrogens with one attached hydrogen (secondary N) is 1. The number of carbonyl (C=O) groups is 4. The second kappa shape index (κ2) is 18.4. The number of imide groups is 1. The lowest BCUT2D eigenvalue weighted by atomic mass is 9.81. The largest absolute Gasteiger partial charge is 0.390 e. The number of nitrogens with zero attached hydrogens (tertiary/aromatic N) is 8. The molecule has 342 valence electrons. The van der Waals surface area contributed by atoms with Gasteiger partial charge in [-0.1, -0.05) is 18.2 Å². The van der Waals surface area contributed by atoms with Gasteiger partial charge in [0, 0.05) is 77.2 Å². The zero-order valence-corrected chi connectivity index (χ0v) is 36.8. The first kappa shape index (κ1) is 44.1. The van der Waals surface area contributed by atoms with Gasteiger partial charge in [-0.05, 0) is 101 Å². The van der Waals surface area contributed by atoms with Crippen LogP contribution in [0.2, 0.25) is 0 Å². The van der Waals surface area contributed by atoms with E-state index in [0.717, 1.165) is 87.8 Å². The van der Waals surface area contributed by atoms with E-state index in [9.17, 15) is 33.1 Å². The van der Waals surface area contributed by atoms with Gasteiger partial charge in [0.15, 0.2) is 11.4 Å². The molecule has 0 spiro atoms. The molecule has 4 aliphatic heterocycles. The highest BCUT2D eigenvalue weighted by Gasteiger charge is 2.46. The number of carbonyl (C=O) groups excluding carboxylic acids is 4. The molecule has 4 fully saturated rings. The molecule has 3 aromatic heterocycles. The number of halogens is 2. The van der Waals surface area contributed by atoms with E-state index in [1.807, 2.05) is 31.2 Å². The average molecular weight is 884 g/mol. The topological polar surface area (TPSA) is 167 Å². The van der Waals surface area contributed by atoms with Crippen LogP contribution in [0.3, 0.4) is 0 Å². The molecule has 4 aromatic rings. The number of hydrogen-bond acceptors (Lipinski definition) is 11. The minimum Gasteiger partial charge on any atom is -0.390 e. The van der Waals surface area contributed by atoms with Gasteiger partial charge in [0.25, 0.3) is 6.43 Å². The predicted octanol–water partition coefficient (Wildman–Crippen LogP) is 5.60. The number of para-hydroxylation sites is 1. The van der Waals surface area contributed by atoms with Crippen molar-refractivity contribution >= 4 is 40.7 Å². The van der Waals surface area contributed by atoms with Gasteiger partial charge < -0.3 is 24.5 Å². The number of benzene rings is 1. The molecule has 7 heterocycles. The number of likely N-dealkylation sites (N-methyl/N-ethyl adjacent to an activating group) is 1. The number of aliphatic hydroxyl groups is 1. The fraction of sp³-hybridized carbons (Fsp3) is 0.596. The van der Waals surface area contributed by atoms with Crippen molar-refractivity contribution in [3.05, 3.63) is 70.8 Å². The van der Waals surface area contributed by atoms with E-state index in [1.54, 1.807) is 29.0 Å². The Morgan fingerprint density at radius 1 is 1.00 bits per heavy atom. The van der Waals surface area contributed by atoms with E-state index < -0.39 is 23.9 Å². The molecule has 3 saturated heterocycles. The highest BCUT2D eigenvalue weighted by Crippen LogP contribution is 2.45. The molecule has 2 N–H and O–H groups in total. The van der Waals surface area contributed by atoms with E-state index in [1.165, 1.54) is 10.7 Å². The number of anilines is 2. The molecule has 1 saturated carbocycles. The number of hydrogen-bond donors (Lipinski definition) is 2. The van der Waals surface area contributed by atoms with Gasteiger partial charge in [-0.25, -0.2) is 18.3 Å². The first-order valence-corrected chi connectivity index (χ1v) is 23.1. The van der Waals surface area contributed by atoms with Crippen molar-refractivity contribution in [2.75, 3.05) is 56.2 Å². The second-order valence-electron chi connectivity index (χ2n) is 19.0. The maximum atomic E-state index is 14.3. The molecular formula is C47H59F2N9O6. The summed E-state index contributed by atoms with van der Waals surface area (Å²) in [5.41, 5.74) is 2.62. The SMILES string of the molecule is CN1C(=O)C(C2CCC(=O)NC2=O)c2cccc(CCCOC3CCN(CC4CCC(n5cc(CC(=O)c6cnn7ccc(N8CCC(C)(O)CC8)nc67)c(C(F)F)n5)CC4)CC3)c21. The van der Waals surface area contributed by atoms with Crippen LogP contribution < -0.4 is 15.1 Å². The number of ketones is 1. The summed E-state index contributed by atoms with van der Waals surface area (Å²) in [7, 11) is 1.77. The van der Waals surface area contributed by atoms with Crippen LogP contribution in [0.1, 0.15) is 129 Å². The smallest absolute Gasteiger partial charge is 0.282 e. The van der Waals surface area contributed by atoms with Crippen molar-refractivity contribution in [3.63, 3.8) is 0 Å². The number of likely N-dealkylation sites (tertiary alicyclic amines) is 1. The zero-order valence-electron chi connectivity index (χ0n) is 36.8. The van der Waals surface area contributed by atoms with Crippen molar-refractivity contribution in [2.24, 2.45) is 11.8 Å². The standard InChI is InChI=1S/C47H59F2N9O6/c1-47(63)17-22-56(23-18-47)38-16-21-57-44(51-38)36(26-50-57)37(59)25-31-28-58(53-41(31)43(48)49)32-10-8-29(9-11-32)27-55-19-14-33(15-20-55)64-24-4-6-30-5-3-7-34-40(46(62)54(2)42(30)34)35-12-13-39(60)52-45(35)61/h3,5,7,16,21,26,28-29,32-33,35,40,43,63H,4,6,8-15,17-20,22-25,27H2,1-2H3,(H,52,60,61). The Morgan fingerprint density at radius 3 is 2.50 bits per heavy atom. The fourth-order valence-corrected chi connectivity index (χ4v) is 10.7. The lowest BCUT2D eigenvalue weighted by Gasteiger charge is -2.36. The van der Waals surface area contributed by atoms with Crippen molar-refractivity contribution in [3.8, 4) is 0 Å². The minimum absolute atomic E-state index is 0.00661. The monoisotopic (exact) mass is 883 g/mol. The van der Waals surface area contributed by atoms with Crippen LogP contribution in [0.5, 0.6) is 0 Å². The molecule has 1 aromatic carbocycles. The van der Waals surface area contributed by atoms with Crippen LogP contribution in [-0.4, -0.2) is 116 Å². The van der Waals surface area contributed by atoms with Crippen molar-refractivity contribution < 1.29 is 37.8 Å². The average Bonchev–Trinajstić information content (AvgIpc) is 3.97. The number of amides is 3. The second-order valence-corrected chi connectivity index (χ2v) is 19.0. The third-order valence-electron chi connectivity index (χ3n) is 14.5. The van der Waals surface area contributed by atoms with Crippen molar-refractivity contribution in [2.45, 2.75) is 120 Å². The van der Waals surface area contributed by atoms with Crippen LogP contribution in [0.25, 0.3) is 5.65 Å². The van der Waals surface area contributed by atoms with Gasteiger partial charge in [-0.3, -0.25) is 29.2 Å². The van der Waals surface area contributed by atoms with Crippen LogP contribution in [0.4, 0.5) is 20.3 Å². The van der Waals surface area contributed by atoms with Crippen LogP contribution in [0, 0.1) is 11.8 Å². The number of piperidine rings is 3. The normalized spacial score (nSPS) is 24.5. The van der Waals surface area contributed by atoms with Crippen LogP contribution >= 0.6 is 0 Å². The molecule has 9 rings (SSSR count). The molecule has 0 radical (unpaired) electrons. The summed E-state index contributed by atoms with van der Waals surface area (Å²) in [5, 5.41) is 21.4. The molecule has 0 bridgehead atoms. The predicted molar refractivity (Wildman–Crippen MR) is 233 cm³/mol. The number of Topliss-reactive ketones (excluding diaryl/α,β-unsaturated/α-hetero) is 1. The van der Waals surface area contributed by atoms with Gasteiger partial charge in [0.05, 0.1) is 47.0 Å². The Balaban J connectivity index is 0.722. The molecule has 17 heteroatoms. The Labute approximate surface area is 371 Å². The molecule has 15 nitrogen and oxygen atoms in total. The minimum atomic E-state index is -2.81. The number of fused-ring (bicyclic) bond motifs is 2. The lowest BCUT2D eigenvalue weighted by Crippen LogP contribution is -2.44. The lowest BCUT2D eigenvalue weighted by molar-refractivity contribution is -0.139. The van der Waals surface area contributed by atoms with Crippen molar-refractivity contribution in [1.29, 1.82) is 0 Å². The summed E-state index contributed by atoms with van der Waals surface area (Å²) in [4.78, 5) is 62.4. The van der Waals surface area contributed by atoms with E-state index in [-0.39, 0.29) is 65.3 Å². The van der Waals surface area contributed by atoms with Gasteiger partial charge in [0.1, 0.15) is 11.5 Å². The summed E-state index contributed by atoms with van der Waals surface area (Å²) in [6, 6.07) is 7.75. The Kier molecular flexibility index (Phi) is 12.7. The maximum Gasteiger partial charge on any atom is 0.282 e. The number of aromatic nitrogens is 5. The Hall–Kier alpha value is -5.13. The zero-order chi connectivity index (χ0) is 44.7. The number of alkyl halides is 2. The molecule has 1 aliphatic carbocycles. The summed E-state index contributed by atoms with van der Waals surface area (Å²) in [6.45, 7) is 6.64. The first-order chi connectivity index (χ1) is 30.8. The highest BCUT2D eigenvalue weighted by atomic mass is 19.3. The van der Waals surface area contributed by atoms with E-state index >= 15 is 0 Å². The summed E-state index contributed by atoms with van der Waals surface area (Å²) in [6.07, 6.45) is 10.9. The van der Waals surface area contributed by atoms with Crippen LogP contribution in [0.15, 0.2) is 42.9 Å². The van der Waals surface area contributed by atoms with Gasteiger partial charge >= 0.3 is 0 Å². The quantitative estimate of drug-likeness (QED) is 0.0920. The molecule has 2 unspecified atom stereocenters. The Morgan fingerprint density at radius 2 is 1.77 bits per heavy atom. The van der Waals surface area contributed by atoms with Gasteiger partial charge in [-0.15, -0.1) is 0 Å². The van der Waals surface area contributed by atoms with Crippen molar-refractivity contribution in [1.82, 2.24) is 34.6 Å². The molecule has 2 atom stereocenters. The molecular weight excluding hydrogens is 825 g/mol. The maximum absolute atomic E-state index is 14.3. The third-order valence-corrected chi connectivity index (χ3v) is 14.5. The first-order valence-electron chi connectivity index (χ1n) is 23.1. The third kappa shape index (κ3) is 9.20. The van der Waals surface area contributed by atoms with E-state index in [4.69, 9.17) is 9.72 Å².